The van der Waals surface area contributed by atoms with Gasteiger partial charge in [-0.3, -0.25) is 14.5 Å². The van der Waals surface area contributed by atoms with E-state index < -0.39 is 16.1 Å². The number of benzene rings is 1. The highest BCUT2D eigenvalue weighted by Gasteiger charge is 2.42. The minimum absolute atomic E-state index is 0.0313. The molecule has 0 saturated carbocycles. The Balaban J connectivity index is 1.21. The number of nitrogens with zero attached hydrogens (tertiary/aromatic N) is 4. The lowest BCUT2D eigenvalue weighted by atomic mass is 10.0. The summed E-state index contributed by atoms with van der Waals surface area (Å²) in [6.07, 6.45) is 2.91. The third kappa shape index (κ3) is 7.06. The molecule has 6 rings (SSSR count). The Hall–Kier alpha value is -2.32. The predicted molar refractivity (Wildman–Crippen MR) is 173 cm³/mol. The van der Waals surface area contributed by atoms with Gasteiger partial charge >= 0.3 is 0 Å². The predicted octanol–water partition coefficient (Wildman–Crippen LogP) is 4.64. The molecule has 2 amide bonds. The van der Waals surface area contributed by atoms with Crippen molar-refractivity contribution >= 4 is 56.1 Å². The molecule has 3 aromatic rings. The number of carbonyl (C=O) groups excluding carboxylic acids is 2. The molecule has 3 aliphatic heterocycles. The summed E-state index contributed by atoms with van der Waals surface area (Å²) in [6.45, 7) is 5.11. The standard InChI is InChI=1S/C31H37ClN4O5S3/c32-28-12-10-26(42-28)27-11-13-30(43-27)44(39,40)36(20-23-6-2-1-3-7-23)25-9-5-14-34(31(25)38)22-29(37)35-15-4-8-24(35)21-33-16-18-41-19-17-33/h1-3,6-7,10-13,24-25H,4-5,8-9,14-22H2/t24-,25-/m0/s1. The smallest absolute Gasteiger partial charge is 0.253 e. The van der Waals surface area contributed by atoms with Gasteiger partial charge in [-0.25, -0.2) is 8.42 Å². The van der Waals surface area contributed by atoms with Gasteiger partial charge in [-0.15, -0.1) is 22.7 Å². The van der Waals surface area contributed by atoms with Crippen molar-refractivity contribution in [2.24, 2.45) is 0 Å². The number of carbonyl (C=O) groups is 2. The van der Waals surface area contributed by atoms with E-state index in [4.69, 9.17) is 16.3 Å². The molecule has 0 radical (unpaired) electrons. The molecule has 236 valence electrons. The Kier molecular flexibility index (Phi) is 10.1. The van der Waals surface area contributed by atoms with Gasteiger partial charge in [0.2, 0.25) is 11.8 Å². The average molecular weight is 677 g/mol. The molecule has 13 heteroatoms. The van der Waals surface area contributed by atoms with E-state index in [1.54, 1.807) is 23.1 Å². The van der Waals surface area contributed by atoms with E-state index in [0.29, 0.717) is 43.5 Å². The zero-order valence-electron chi connectivity index (χ0n) is 24.5. The molecule has 1 aromatic carbocycles. The highest BCUT2D eigenvalue weighted by atomic mass is 35.5. The number of thiophene rings is 2. The van der Waals surface area contributed by atoms with Crippen molar-refractivity contribution in [3.63, 3.8) is 0 Å². The topological polar surface area (TPSA) is 90.5 Å². The number of piperidine rings is 1. The maximum atomic E-state index is 14.3. The second-order valence-electron chi connectivity index (χ2n) is 11.5. The molecule has 3 saturated heterocycles. The second kappa shape index (κ2) is 14.0. The number of amides is 2. The second-order valence-corrected chi connectivity index (χ2v) is 16.4. The monoisotopic (exact) mass is 676 g/mol. The molecule has 0 N–H and O–H groups in total. The number of morpholine rings is 1. The number of likely N-dealkylation sites (tertiary alicyclic amines) is 2. The maximum Gasteiger partial charge on any atom is 0.253 e. The molecule has 3 fully saturated rings. The van der Waals surface area contributed by atoms with Gasteiger partial charge in [0, 0.05) is 55.1 Å². The van der Waals surface area contributed by atoms with Crippen LogP contribution in [0.4, 0.5) is 0 Å². The van der Waals surface area contributed by atoms with E-state index in [1.165, 1.54) is 27.0 Å². The number of rotatable bonds is 10. The lowest BCUT2D eigenvalue weighted by Gasteiger charge is -2.38. The quantitative estimate of drug-likeness (QED) is 0.311. The Morgan fingerprint density at radius 1 is 0.932 bits per heavy atom. The van der Waals surface area contributed by atoms with Crippen molar-refractivity contribution in [2.45, 2.75) is 48.5 Å². The van der Waals surface area contributed by atoms with Gasteiger partial charge in [0.25, 0.3) is 10.0 Å². The van der Waals surface area contributed by atoms with Crippen LogP contribution in [0.5, 0.6) is 0 Å². The fourth-order valence-electron chi connectivity index (χ4n) is 6.31. The molecule has 3 aliphatic rings. The van der Waals surface area contributed by atoms with Crippen molar-refractivity contribution < 1.29 is 22.7 Å². The Morgan fingerprint density at radius 3 is 2.41 bits per heavy atom. The van der Waals surface area contributed by atoms with Crippen LogP contribution in [0, 0.1) is 0 Å². The maximum absolute atomic E-state index is 14.3. The fourth-order valence-corrected chi connectivity index (χ4v) is 10.5. The van der Waals surface area contributed by atoms with Crippen molar-refractivity contribution in [1.82, 2.24) is 19.0 Å². The van der Waals surface area contributed by atoms with E-state index in [0.717, 1.165) is 47.8 Å². The minimum Gasteiger partial charge on any atom is -0.379 e. The Labute approximate surface area is 272 Å². The van der Waals surface area contributed by atoms with E-state index in [1.807, 2.05) is 41.3 Å². The van der Waals surface area contributed by atoms with Crippen molar-refractivity contribution in [3.05, 3.63) is 64.5 Å². The van der Waals surface area contributed by atoms with Gasteiger partial charge in [0.1, 0.15) is 10.3 Å². The first-order chi connectivity index (χ1) is 21.3. The Morgan fingerprint density at radius 2 is 1.66 bits per heavy atom. The molecular weight excluding hydrogens is 640 g/mol. The number of hydrogen-bond acceptors (Lipinski definition) is 8. The lowest BCUT2D eigenvalue weighted by Crippen LogP contribution is -2.56. The van der Waals surface area contributed by atoms with E-state index in [2.05, 4.69) is 4.90 Å². The third-order valence-electron chi connectivity index (χ3n) is 8.59. The van der Waals surface area contributed by atoms with Gasteiger partial charge in [-0.1, -0.05) is 41.9 Å². The van der Waals surface area contributed by atoms with E-state index in [9.17, 15) is 18.0 Å². The summed E-state index contributed by atoms with van der Waals surface area (Å²) in [5.41, 5.74) is 0.793. The summed E-state index contributed by atoms with van der Waals surface area (Å²) in [5, 5.41) is 0. The number of halogens is 1. The number of sulfonamides is 1. The average Bonchev–Trinajstić information content (AvgIpc) is 3.80. The highest BCUT2D eigenvalue weighted by Crippen LogP contribution is 2.38. The Bertz CT molecular complexity index is 1560. The van der Waals surface area contributed by atoms with Gasteiger partial charge < -0.3 is 14.5 Å². The van der Waals surface area contributed by atoms with Crippen LogP contribution in [0.25, 0.3) is 9.75 Å². The van der Waals surface area contributed by atoms with Crippen LogP contribution in [0.1, 0.15) is 31.2 Å². The molecule has 0 spiro atoms. The summed E-state index contributed by atoms with van der Waals surface area (Å²) < 4.78 is 36.1. The largest absolute Gasteiger partial charge is 0.379 e. The molecule has 2 atom stereocenters. The summed E-state index contributed by atoms with van der Waals surface area (Å²) in [5.74, 6) is -0.375. The normalized spacial score (nSPS) is 21.8. The van der Waals surface area contributed by atoms with Crippen LogP contribution in [-0.4, -0.2) is 104 Å². The third-order valence-corrected chi connectivity index (χ3v) is 13.4. The summed E-state index contributed by atoms with van der Waals surface area (Å²) in [7, 11) is -4.04. The van der Waals surface area contributed by atoms with Crippen LogP contribution in [0.2, 0.25) is 4.34 Å². The minimum atomic E-state index is -4.04. The number of hydrogen-bond donors (Lipinski definition) is 0. The zero-order valence-corrected chi connectivity index (χ0v) is 27.7. The molecule has 0 bridgehead atoms. The van der Waals surface area contributed by atoms with Gasteiger partial charge in [0.05, 0.1) is 24.1 Å². The first kappa shape index (κ1) is 31.7. The molecule has 2 aromatic heterocycles. The molecule has 9 nitrogen and oxygen atoms in total. The first-order valence-electron chi connectivity index (χ1n) is 15.1. The molecule has 44 heavy (non-hydrogen) atoms. The zero-order chi connectivity index (χ0) is 30.7. The molecule has 0 aliphatic carbocycles. The molecule has 0 unspecified atom stereocenters. The molecular formula is C31H37ClN4O5S3. The van der Waals surface area contributed by atoms with Crippen molar-refractivity contribution in [1.29, 1.82) is 0 Å². The van der Waals surface area contributed by atoms with Gasteiger partial charge in [-0.05, 0) is 55.5 Å². The van der Waals surface area contributed by atoms with Crippen LogP contribution in [0.3, 0.4) is 0 Å². The molecule has 5 heterocycles. The SMILES string of the molecule is O=C1[C@@H](N(Cc2ccccc2)S(=O)(=O)c2ccc(-c3ccc(Cl)s3)s2)CCCN1CC(=O)N1CCC[C@H]1CN1CCOCC1. The summed E-state index contributed by atoms with van der Waals surface area (Å²) >= 11 is 8.70. The van der Waals surface area contributed by atoms with Crippen LogP contribution in [-0.2, 0) is 30.9 Å². The lowest BCUT2D eigenvalue weighted by molar-refractivity contribution is -0.145. The van der Waals surface area contributed by atoms with E-state index in [-0.39, 0.29) is 35.2 Å². The van der Waals surface area contributed by atoms with Crippen molar-refractivity contribution in [2.75, 3.05) is 52.5 Å². The van der Waals surface area contributed by atoms with Crippen LogP contribution in [0.15, 0.2) is 58.8 Å². The van der Waals surface area contributed by atoms with Crippen molar-refractivity contribution in [3.8, 4) is 9.75 Å². The van der Waals surface area contributed by atoms with Crippen LogP contribution >= 0.6 is 34.3 Å². The van der Waals surface area contributed by atoms with E-state index >= 15 is 0 Å². The van der Waals surface area contributed by atoms with Crippen LogP contribution < -0.4 is 0 Å². The highest BCUT2D eigenvalue weighted by molar-refractivity contribution is 7.91. The fraction of sp³-hybridized carbons (Fsp3) is 0.484. The first-order valence-corrected chi connectivity index (χ1v) is 18.5. The summed E-state index contributed by atoms with van der Waals surface area (Å²) in [4.78, 5) is 35.2. The number of ether oxygens (including phenoxy) is 1. The van der Waals surface area contributed by atoms with Gasteiger partial charge in [0.15, 0.2) is 0 Å². The van der Waals surface area contributed by atoms with Gasteiger partial charge in [-0.2, -0.15) is 4.31 Å². The summed E-state index contributed by atoms with van der Waals surface area (Å²) in [6, 6.07) is 15.6.